The zero-order valence-corrected chi connectivity index (χ0v) is 16.7. The summed E-state index contributed by atoms with van der Waals surface area (Å²) < 4.78 is 2.06. The summed E-state index contributed by atoms with van der Waals surface area (Å²) in [4.78, 5) is 17.2. The normalized spacial score (nSPS) is 11.0. The fraction of sp³-hybridized carbons (Fsp3) is 0.348. The summed E-state index contributed by atoms with van der Waals surface area (Å²) in [5, 5.41) is 13.0. The summed E-state index contributed by atoms with van der Waals surface area (Å²) in [6.45, 7) is 4.43. The number of anilines is 1. The van der Waals surface area contributed by atoms with Crippen LogP contribution in [-0.2, 0) is 7.05 Å². The molecule has 0 saturated carbocycles. The van der Waals surface area contributed by atoms with E-state index in [0.717, 1.165) is 36.7 Å². The van der Waals surface area contributed by atoms with Crippen LogP contribution in [0.2, 0.25) is 0 Å². The number of nitrogens with one attached hydrogen (secondary N) is 1. The molecule has 0 atom stereocenters. The standard InChI is InChI=1S/C23H26N4O/c1-4-7-17(8-5-2)21-15-27(3)22-20(21)12-19(14-25-22)26-23(28)18-10-6-9-16(11-18)13-24/h6,9-12,14-15,17H,4-5,7-8H2,1-3H3,(H,26,28). The quantitative estimate of drug-likeness (QED) is 0.603. The Kier molecular flexibility index (Phi) is 6.10. The number of fused-ring (bicyclic) bond motifs is 1. The minimum atomic E-state index is -0.241. The van der Waals surface area contributed by atoms with Crippen molar-refractivity contribution in [1.82, 2.24) is 9.55 Å². The van der Waals surface area contributed by atoms with Gasteiger partial charge in [-0.1, -0.05) is 32.8 Å². The topological polar surface area (TPSA) is 70.7 Å². The van der Waals surface area contributed by atoms with Gasteiger partial charge >= 0.3 is 0 Å². The summed E-state index contributed by atoms with van der Waals surface area (Å²) in [5.41, 5.74) is 3.82. The van der Waals surface area contributed by atoms with E-state index in [0.29, 0.717) is 22.7 Å². The Bertz CT molecular complexity index is 1020. The molecule has 2 heterocycles. The Labute approximate surface area is 166 Å². The second-order valence-electron chi connectivity index (χ2n) is 7.21. The van der Waals surface area contributed by atoms with E-state index in [1.165, 1.54) is 5.56 Å². The monoisotopic (exact) mass is 374 g/mol. The van der Waals surface area contributed by atoms with Gasteiger partial charge in [0.05, 0.1) is 23.5 Å². The van der Waals surface area contributed by atoms with Gasteiger partial charge in [-0.05, 0) is 48.6 Å². The fourth-order valence-electron chi connectivity index (χ4n) is 3.77. The number of pyridine rings is 1. The van der Waals surface area contributed by atoms with Gasteiger partial charge in [-0.3, -0.25) is 4.79 Å². The Hall–Kier alpha value is -3.13. The summed E-state index contributed by atoms with van der Waals surface area (Å²) in [6, 6.07) is 10.8. The van der Waals surface area contributed by atoms with Gasteiger partial charge in [-0.25, -0.2) is 4.98 Å². The van der Waals surface area contributed by atoms with Gasteiger partial charge in [-0.2, -0.15) is 5.26 Å². The van der Waals surface area contributed by atoms with Crippen molar-refractivity contribution in [3.8, 4) is 6.07 Å². The Morgan fingerprint density at radius 3 is 2.68 bits per heavy atom. The molecule has 0 aliphatic rings. The molecule has 1 aromatic carbocycles. The number of rotatable bonds is 7. The molecule has 0 aliphatic heterocycles. The lowest BCUT2D eigenvalue weighted by atomic mass is 9.90. The number of hydrogen-bond donors (Lipinski definition) is 1. The van der Waals surface area contributed by atoms with Crippen molar-refractivity contribution in [1.29, 1.82) is 5.26 Å². The van der Waals surface area contributed by atoms with Crippen LogP contribution in [0.3, 0.4) is 0 Å². The molecular formula is C23H26N4O. The molecule has 5 heteroatoms. The maximum absolute atomic E-state index is 12.6. The number of benzene rings is 1. The first kappa shape index (κ1) is 19.6. The average Bonchev–Trinajstić information content (AvgIpc) is 3.03. The van der Waals surface area contributed by atoms with Gasteiger partial charge in [0.1, 0.15) is 5.65 Å². The molecule has 0 saturated heterocycles. The molecule has 0 aliphatic carbocycles. The smallest absolute Gasteiger partial charge is 0.255 e. The Morgan fingerprint density at radius 2 is 2.00 bits per heavy atom. The van der Waals surface area contributed by atoms with Gasteiger partial charge in [0.15, 0.2) is 0 Å². The minimum Gasteiger partial charge on any atom is -0.335 e. The lowest BCUT2D eigenvalue weighted by Gasteiger charge is -2.14. The number of amides is 1. The maximum Gasteiger partial charge on any atom is 0.255 e. The molecule has 0 fully saturated rings. The third-order valence-corrected chi connectivity index (χ3v) is 5.07. The average molecular weight is 374 g/mol. The van der Waals surface area contributed by atoms with E-state index >= 15 is 0 Å². The number of aromatic nitrogens is 2. The first-order chi connectivity index (χ1) is 13.6. The van der Waals surface area contributed by atoms with Crippen LogP contribution in [0.4, 0.5) is 5.69 Å². The number of hydrogen-bond acceptors (Lipinski definition) is 3. The van der Waals surface area contributed by atoms with Crippen molar-refractivity contribution in [2.24, 2.45) is 7.05 Å². The highest BCUT2D eigenvalue weighted by molar-refractivity contribution is 6.05. The summed E-state index contributed by atoms with van der Waals surface area (Å²) in [5.74, 6) is 0.258. The lowest BCUT2D eigenvalue weighted by Crippen LogP contribution is -2.12. The zero-order valence-electron chi connectivity index (χ0n) is 16.7. The number of carbonyl (C=O) groups excluding carboxylic acids is 1. The number of nitrogens with zero attached hydrogens (tertiary/aromatic N) is 3. The molecule has 0 radical (unpaired) electrons. The van der Waals surface area contributed by atoms with Crippen LogP contribution >= 0.6 is 0 Å². The third-order valence-electron chi connectivity index (χ3n) is 5.07. The molecule has 28 heavy (non-hydrogen) atoms. The second kappa shape index (κ2) is 8.71. The van der Waals surface area contributed by atoms with Crippen molar-refractivity contribution in [2.75, 3.05) is 5.32 Å². The van der Waals surface area contributed by atoms with Crippen LogP contribution in [0.15, 0.2) is 42.7 Å². The van der Waals surface area contributed by atoms with Gasteiger partial charge in [0, 0.05) is 24.2 Å². The molecule has 5 nitrogen and oxygen atoms in total. The van der Waals surface area contributed by atoms with Gasteiger partial charge in [-0.15, -0.1) is 0 Å². The molecule has 0 bridgehead atoms. The summed E-state index contributed by atoms with van der Waals surface area (Å²) >= 11 is 0. The van der Waals surface area contributed by atoms with E-state index < -0.39 is 0 Å². The fourth-order valence-corrected chi connectivity index (χ4v) is 3.77. The minimum absolute atomic E-state index is 0.241. The van der Waals surface area contributed by atoms with Crippen LogP contribution in [0, 0.1) is 11.3 Å². The van der Waals surface area contributed by atoms with E-state index in [1.54, 1.807) is 30.5 Å². The van der Waals surface area contributed by atoms with Crippen molar-refractivity contribution in [3.05, 3.63) is 59.4 Å². The van der Waals surface area contributed by atoms with Crippen LogP contribution < -0.4 is 5.32 Å². The SMILES string of the molecule is CCCC(CCC)c1cn(C)c2ncc(NC(=O)c3cccc(C#N)c3)cc12. The third kappa shape index (κ3) is 4.07. The van der Waals surface area contributed by atoms with E-state index in [1.807, 2.05) is 13.1 Å². The largest absolute Gasteiger partial charge is 0.335 e. The number of aryl methyl sites for hydroxylation is 1. The molecule has 1 N–H and O–H groups in total. The van der Waals surface area contributed by atoms with Crippen LogP contribution in [0.5, 0.6) is 0 Å². The zero-order chi connectivity index (χ0) is 20.1. The van der Waals surface area contributed by atoms with Gasteiger partial charge in [0.2, 0.25) is 0 Å². The lowest BCUT2D eigenvalue weighted by molar-refractivity contribution is 0.102. The first-order valence-electron chi connectivity index (χ1n) is 9.83. The summed E-state index contributed by atoms with van der Waals surface area (Å²) in [7, 11) is 2.01. The van der Waals surface area contributed by atoms with Gasteiger partial charge in [0.25, 0.3) is 5.91 Å². The maximum atomic E-state index is 12.6. The highest BCUT2D eigenvalue weighted by Crippen LogP contribution is 2.33. The van der Waals surface area contributed by atoms with Crippen LogP contribution in [-0.4, -0.2) is 15.5 Å². The second-order valence-corrected chi connectivity index (χ2v) is 7.21. The number of nitriles is 1. The molecular weight excluding hydrogens is 348 g/mol. The highest BCUT2D eigenvalue weighted by Gasteiger charge is 2.18. The molecule has 3 rings (SSSR count). The number of carbonyl (C=O) groups is 1. The predicted octanol–water partition coefficient (Wildman–Crippen LogP) is 5.38. The van der Waals surface area contributed by atoms with Gasteiger partial charge < -0.3 is 9.88 Å². The Balaban J connectivity index is 1.93. The predicted molar refractivity (Wildman–Crippen MR) is 112 cm³/mol. The van der Waals surface area contributed by atoms with Crippen LogP contribution in [0.25, 0.3) is 11.0 Å². The Morgan fingerprint density at radius 1 is 1.25 bits per heavy atom. The first-order valence-corrected chi connectivity index (χ1v) is 9.83. The van der Waals surface area contributed by atoms with Crippen molar-refractivity contribution in [2.45, 2.75) is 45.4 Å². The van der Waals surface area contributed by atoms with Crippen LogP contribution in [0.1, 0.15) is 66.9 Å². The molecule has 0 unspecified atom stereocenters. The highest BCUT2D eigenvalue weighted by atomic mass is 16.1. The molecule has 1 amide bonds. The van der Waals surface area contributed by atoms with Crippen molar-refractivity contribution in [3.63, 3.8) is 0 Å². The van der Waals surface area contributed by atoms with E-state index in [2.05, 4.69) is 41.0 Å². The molecule has 144 valence electrons. The van der Waals surface area contributed by atoms with Crippen molar-refractivity contribution >= 4 is 22.6 Å². The van der Waals surface area contributed by atoms with E-state index in [9.17, 15) is 4.79 Å². The summed E-state index contributed by atoms with van der Waals surface area (Å²) in [6.07, 6.45) is 8.43. The molecule has 0 spiro atoms. The molecule has 2 aromatic heterocycles. The van der Waals surface area contributed by atoms with Crippen molar-refractivity contribution < 1.29 is 4.79 Å². The van der Waals surface area contributed by atoms with E-state index in [4.69, 9.17) is 5.26 Å². The van der Waals surface area contributed by atoms with E-state index in [-0.39, 0.29) is 5.91 Å². The molecule has 3 aromatic rings.